The van der Waals surface area contributed by atoms with Gasteiger partial charge in [-0.3, -0.25) is 14.2 Å². The van der Waals surface area contributed by atoms with E-state index in [0.29, 0.717) is 45.2 Å². The van der Waals surface area contributed by atoms with Gasteiger partial charge in [-0.05, 0) is 49.8 Å². The SMILES string of the molecule is C#CCOc1ccc2ccccc2c1/C=c1\sc2n(c1=O)C(c1ccccc1OC)C(C(=O)N(CC)CC)=C(C)N=2. The number of carbonyl (C=O) groups is 1. The molecule has 4 aromatic rings. The van der Waals surface area contributed by atoms with Crippen molar-refractivity contribution in [1.29, 1.82) is 0 Å². The number of fused-ring (bicyclic) bond motifs is 2. The van der Waals surface area contributed by atoms with Crippen molar-refractivity contribution in [3.05, 3.63) is 103 Å². The van der Waals surface area contributed by atoms with E-state index in [1.54, 1.807) is 16.6 Å². The summed E-state index contributed by atoms with van der Waals surface area (Å²) in [5, 5.41) is 1.94. The topological polar surface area (TPSA) is 73.1 Å². The summed E-state index contributed by atoms with van der Waals surface area (Å²) >= 11 is 1.28. The van der Waals surface area contributed by atoms with Crippen LogP contribution in [0.4, 0.5) is 0 Å². The van der Waals surface area contributed by atoms with Gasteiger partial charge in [0.05, 0.1) is 22.9 Å². The van der Waals surface area contributed by atoms with E-state index in [0.717, 1.165) is 21.9 Å². The van der Waals surface area contributed by atoms with Gasteiger partial charge in [0.2, 0.25) is 0 Å². The lowest BCUT2D eigenvalue weighted by Crippen LogP contribution is -2.43. The summed E-state index contributed by atoms with van der Waals surface area (Å²) in [6, 6.07) is 18.5. The maximum Gasteiger partial charge on any atom is 0.271 e. The van der Waals surface area contributed by atoms with Crippen molar-refractivity contribution in [1.82, 2.24) is 9.47 Å². The molecule has 208 valence electrons. The average molecular weight is 566 g/mol. The van der Waals surface area contributed by atoms with Crippen molar-refractivity contribution in [2.45, 2.75) is 26.8 Å². The summed E-state index contributed by atoms with van der Waals surface area (Å²) in [5.41, 5.74) is 2.26. The molecule has 1 aromatic heterocycles. The molecule has 3 aromatic carbocycles. The highest BCUT2D eigenvalue weighted by atomic mass is 32.1. The van der Waals surface area contributed by atoms with Crippen molar-refractivity contribution < 1.29 is 14.3 Å². The van der Waals surface area contributed by atoms with E-state index >= 15 is 0 Å². The predicted molar refractivity (Wildman–Crippen MR) is 163 cm³/mol. The van der Waals surface area contributed by atoms with E-state index in [4.69, 9.17) is 20.9 Å². The van der Waals surface area contributed by atoms with Gasteiger partial charge in [0.1, 0.15) is 24.1 Å². The monoisotopic (exact) mass is 565 g/mol. The lowest BCUT2D eigenvalue weighted by molar-refractivity contribution is -0.127. The van der Waals surface area contributed by atoms with Crippen LogP contribution in [0.25, 0.3) is 16.8 Å². The van der Waals surface area contributed by atoms with Crippen LogP contribution in [-0.4, -0.2) is 42.2 Å². The third-order valence-electron chi connectivity index (χ3n) is 7.25. The molecule has 2 heterocycles. The number of para-hydroxylation sites is 1. The van der Waals surface area contributed by atoms with E-state index < -0.39 is 6.04 Å². The molecular formula is C33H31N3O4S. The normalized spacial score (nSPS) is 14.8. The summed E-state index contributed by atoms with van der Waals surface area (Å²) in [4.78, 5) is 35.2. The number of thiazole rings is 1. The maximum atomic E-state index is 14.3. The second-order valence-electron chi connectivity index (χ2n) is 9.49. The first-order chi connectivity index (χ1) is 19.9. The second kappa shape index (κ2) is 11.9. The van der Waals surface area contributed by atoms with Gasteiger partial charge in [0.25, 0.3) is 11.5 Å². The fourth-order valence-electron chi connectivity index (χ4n) is 5.26. The number of rotatable bonds is 8. The maximum absolute atomic E-state index is 14.3. The number of terminal acetylenes is 1. The Balaban J connectivity index is 1.80. The van der Waals surface area contributed by atoms with Crippen LogP contribution in [-0.2, 0) is 4.79 Å². The molecule has 0 saturated carbocycles. The fourth-order valence-corrected chi connectivity index (χ4v) is 6.29. The quantitative estimate of drug-likeness (QED) is 0.299. The molecule has 0 spiro atoms. The van der Waals surface area contributed by atoms with Crippen molar-refractivity contribution in [3.8, 4) is 23.8 Å². The van der Waals surface area contributed by atoms with Gasteiger partial charge in [-0.2, -0.15) is 0 Å². The number of allylic oxidation sites excluding steroid dienone is 1. The van der Waals surface area contributed by atoms with Gasteiger partial charge in [-0.15, -0.1) is 6.42 Å². The van der Waals surface area contributed by atoms with Gasteiger partial charge < -0.3 is 14.4 Å². The van der Waals surface area contributed by atoms with Crippen LogP contribution in [0.15, 0.2) is 81.7 Å². The first-order valence-electron chi connectivity index (χ1n) is 13.5. The van der Waals surface area contributed by atoms with Crippen LogP contribution >= 0.6 is 11.3 Å². The molecule has 1 aliphatic heterocycles. The number of methoxy groups -OCH3 is 1. The molecule has 0 saturated heterocycles. The first-order valence-corrected chi connectivity index (χ1v) is 14.3. The van der Waals surface area contributed by atoms with Crippen LogP contribution in [0, 0.1) is 12.3 Å². The molecule has 0 fully saturated rings. The number of aromatic nitrogens is 1. The number of benzene rings is 3. The molecule has 1 unspecified atom stereocenters. The molecule has 0 radical (unpaired) electrons. The van der Waals surface area contributed by atoms with Gasteiger partial charge >= 0.3 is 0 Å². The van der Waals surface area contributed by atoms with Gasteiger partial charge in [-0.1, -0.05) is 65.8 Å². The molecule has 0 N–H and O–H groups in total. The minimum atomic E-state index is -0.706. The Morgan fingerprint density at radius 1 is 1.10 bits per heavy atom. The molecule has 0 bridgehead atoms. The molecule has 5 rings (SSSR count). The Labute approximate surface area is 242 Å². The van der Waals surface area contributed by atoms with E-state index in [1.807, 2.05) is 87.5 Å². The lowest BCUT2D eigenvalue weighted by atomic mass is 9.94. The Morgan fingerprint density at radius 3 is 2.56 bits per heavy atom. The van der Waals surface area contributed by atoms with Gasteiger partial charge in [-0.25, -0.2) is 4.99 Å². The van der Waals surface area contributed by atoms with E-state index in [-0.39, 0.29) is 18.1 Å². The lowest BCUT2D eigenvalue weighted by Gasteiger charge is -2.29. The van der Waals surface area contributed by atoms with E-state index in [1.165, 1.54) is 11.3 Å². The molecule has 0 aliphatic carbocycles. The standard InChI is InChI=1S/C33H31N3O4S/c1-6-19-40-27-18-17-22-13-9-10-14-23(22)25(27)20-28-31(37)36-30(24-15-11-12-16-26(24)39-5)29(21(4)34-33(36)41-28)32(38)35(7-2)8-3/h1,9-18,20,30H,7-8,19H2,2-5H3/b28-20-. The number of hydrogen-bond donors (Lipinski definition) is 0. The summed E-state index contributed by atoms with van der Waals surface area (Å²) in [5.74, 6) is 3.53. The minimum Gasteiger partial charge on any atom is -0.496 e. The predicted octanol–water partition coefficient (Wildman–Crippen LogP) is 4.28. The van der Waals surface area contributed by atoms with Crippen LogP contribution < -0.4 is 24.4 Å². The molecule has 8 heteroatoms. The Bertz CT molecular complexity index is 1890. The Hall–Kier alpha value is -4.61. The number of nitrogens with zero attached hydrogens (tertiary/aromatic N) is 3. The summed E-state index contributed by atoms with van der Waals surface area (Å²) < 4.78 is 13.7. The summed E-state index contributed by atoms with van der Waals surface area (Å²) in [6.45, 7) is 6.88. The zero-order chi connectivity index (χ0) is 29.1. The number of hydrogen-bond acceptors (Lipinski definition) is 6. The average Bonchev–Trinajstić information content (AvgIpc) is 3.30. The highest BCUT2D eigenvalue weighted by Crippen LogP contribution is 2.36. The van der Waals surface area contributed by atoms with E-state index in [2.05, 4.69) is 5.92 Å². The van der Waals surface area contributed by atoms with Gasteiger partial charge in [0.15, 0.2) is 4.80 Å². The largest absolute Gasteiger partial charge is 0.496 e. The minimum absolute atomic E-state index is 0.101. The number of ether oxygens (including phenoxy) is 2. The molecule has 1 amide bonds. The van der Waals surface area contributed by atoms with Crippen LogP contribution in [0.1, 0.15) is 37.9 Å². The van der Waals surface area contributed by atoms with Crippen LogP contribution in [0.3, 0.4) is 0 Å². The molecular weight excluding hydrogens is 534 g/mol. The van der Waals surface area contributed by atoms with Crippen molar-refractivity contribution >= 4 is 34.1 Å². The molecule has 41 heavy (non-hydrogen) atoms. The fraction of sp³-hybridized carbons (Fsp3) is 0.242. The summed E-state index contributed by atoms with van der Waals surface area (Å²) in [7, 11) is 1.59. The smallest absolute Gasteiger partial charge is 0.271 e. The molecule has 1 atom stereocenters. The van der Waals surface area contributed by atoms with E-state index in [9.17, 15) is 9.59 Å². The number of amides is 1. The molecule has 1 aliphatic rings. The number of likely N-dealkylation sites (N-methyl/N-ethyl adjacent to an activating group) is 1. The Morgan fingerprint density at radius 2 is 1.83 bits per heavy atom. The van der Waals surface area contributed by atoms with Gasteiger partial charge in [0, 0.05) is 24.2 Å². The third-order valence-corrected chi connectivity index (χ3v) is 8.24. The van der Waals surface area contributed by atoms with Crippen molar-refractivity contribution in [2.24, 2.45) is 4.99 Å². The van der Waals surface area contributed by atoms with Crippen LogP contribution in [0.5, 0.6) is 11.5 Å². The van der Waals surface area contributed by atoms with Crippen molar-refractivity contribution in [2.75, 3.05) is 26.8 Å². The van der Waals surface area contributed by atoms with Crippen molar-refractivity contribution in [3.63, 3.8) is 0 Å². The zero-order valence-corrected chi connectivity index (χ0v) is 24.3. The second-order valence-corrected chi connectivity index (χ2v) is 10.5. The highest BCUT2D eigenvalue weighted by molar-refractivity contribution is 7.07. The van der Waals surface area contributed by atoms with Crippen LogP contribution in [0.2, 0.25) is 0 Å². The summed E-state index contributed by atoms with van der Waals surface area (Å²) in [6.07, 6.45) is 7.31. The highest BCUT2D eigenvalue weighted by Gasteiger charge is 2.35. The number of carbonyl (C=O) groups excluding carboxylic acids is 1. The zero-order valence-electron chi connectivity index (χ0n) is 23.5. The molecule has 7 nitrogen and oxygen atoms in total. The first kappa shape index (κ1) is 27.9. The Kier molecular flexibility index (Phi) is 8.09. The third kappa shape index (κ3) is 5.05.